The number of carbonyl (C=O) groups is 1. The van der Waals surface area contributed by atoms with Gasteiger partial charge in [0.15, 0.2) is 0 Å². The first kappa shape index (κ1) is 42.9. The molecule has 1 saturated heterocycles. The number of aliphatic imine (C=N–C) groups is 1. The zero-order valence-electron chi connectivity index (χ0n) is 33.2. The van der Waals surface area contributed by atoms with Crippen LogP contribution in [-0.2, 0) is 36.4 Å². The van der Waals surface area contributed by atoms with E-state index < -0.39 is 36.4 Å². The summed E-state index contributed by atoms with van der Waals surface area (Å²) in [7, 11) is -4.08. The van der Waals surface area contributed by atoms with Crippen molar-refractivity contribution < 1.29 is 26.4 Å². The lowest BCUT2D eigenvalue weighted by atomic mass is 9.71. The van der Waals surface area contributed by atoms with Gasteiger partial charge in [0.25, 0.3) is 0 Å². The minimum Gasteiger partial charge on any atom is -0.493 e. The van der Waals surface area contributed by atoms with Crippen molar-refractivity contribution in [1.82, 2.24) is 19.0 Å². The number of carbonyl (C=O) groups excluding carboxylic acids is 1. The summed E-state index contributed by atoms with van der Waals surface area (Å²) in [6.45, 7) is 14.4. The number of rotatable bonds is 11. The number of hydrogen-bond acceptors (Lipinski definition) is 8. The molecular formula is C40H53Cl2N5O6S2. The van der Waals surface area contributed by atoms with Crippen molar-refractivity contribution in [3.8, 4) is 5.75 Å². The van der Waals surface area contributed by atoms with Crippen LogP contribution in [0, 0.1) is 0 Å². The van der Waals surface area contributed by atoms with Crippen LogP contribution in [0.4, 0.5) is 4.79 Å². The average Bonchev–Trinajstić information content (AvgIpc) is 3.35. The van der Waals surface area contributed by atoms with Gasteiger partial charge in [0.2, 0.25) is 10.0 Å². The Morgan fingerprint density at radius 2 is 1.44 bits per heavy atom. The maximum atomic E-state index is 15.4. The Hall–Kier alpha value is -3.20. The highest BCUT2D eigenvalue weighted by Crippen LogP contribution is 2.54. The van der Waals surface area contributed by atoms with Gasteiger partial charge in [-0.05, 0) is 92.2 Å². The highest BCUT2D eigenvalue weighted by atomic mass is 35.5. The van der Waals surface area contributed by atoms with Crippen molar-refractivity contribution in [2.75, 3.05) is 65.4 Å². The van der Waals surface area contributed by atoms with Gasteiger partial charge in [-0.1, -0.05) is 68.2 Å². The number of piperazine rings is 1. The summed E-state index contributed by atoms with van der Waals surface area (Å²) in [5.41, 5.74) is -0.464. The first-order valence-electron chi connectivity index (χ1n) is 18.4. The van der Waals surface area contributed by atoms with E-state index in [0.29, 0.717) is 66.1 Å². The number of urea groups is 1. The molecule has 55 heavy (non-hydrogen) atoms. The summed E-state index contributed by atoms with van der Waals surface area (Å²) < 4.78 is 59.3. The first-order valence-corrected chi connectivity index (χ1v) is 22.7. The van der Waals surface area contributed by atoms with Crippen LogP contribution in [0.3, 0.4) is 0 Å². The summed E-state index contributed by atoms with van der Waals surface area (Å²) in [6, 6.07) is 17.8. The zero-order chi connectivity index (χ0) is 40.7. The molecular weight excluding hydrogens is 782 g/mol. The second kappa shape index (κ2) is 16.0. The molecule has 2 aliphatic rings. The SMILES string of the molecule is CCOc1cc(C(C)(C)C)c(S(=O)(=O)N(C)C)cc1C1=N[C@@](C)(c2ccc(Cl)cc2)[C@@](C)(c2ccc(Cl)cc2)N1C(=O)N1CCN(CCCS(C)(=O)=O)CC1. The summed E-state index contributed by atoms with van der Waals surface area (Å²) in [5.74, 6) is 0.759. The Bertz CT molecular complexity index is 2150. The largest absolute Gasteiger partial charge is 0.493 e. The van der Waals surface area contributed by atoms with Gasteiger partial charge in [-0.3, -0.25) is 14.8 Å². The highest BCUT2D eigenvalue weighted by Gasteiger charge is 2.60. The number of hydrogen-bond donors (Lipinski definition) is 0. The molecule has 2 aliphatic heterocycles. The molecule has 5 rings (SSSR count). The van der Waals surface area contributed by atoms with E-state index in [9.17, 15) is 16.8 Å². The van der Waals surface area contributed by atoms with Gasteiger partial charge in [0.1, 0.15) is 32.5 Å². The number of sulfone groups is 1. The van der Waals surface area contributed by atoms with Gasteiger partial charge in [-0.15, -0.1) is 0 Å². The number of amidine groups is 1. The normalized spacial score (nSPS) is 21.3. The van der Waals surface area contributed by atoms with E-state index in [2.05, 4.69) is 4.90 Å². The van der Waals surface area contributed by atoms with Crippen LogP contribution in [0.25, 0.3) is 0 Å². The van der Waals surface area contributed by atoms with Crippen molar-refractivity contribution >= 4 is 54.9 Å². The third-order valence-electron chi connectivity index (χ3n) is 10.8. The number of sulfonamides is 1. The maximum Gasteiger partial charge on any atom is 0.326 e. The van der Waals surface area contributed by atoms with Crippen LogP contribution in [0.2, 0.25) is 10.0 Å². The number of amides is 2. The molecule has 0 radical (unpaired) electrons. The van der Waals surface area contributed by atoms with E-state index in [4.69, 9.17) is 32.9 Å². The van der Waals surface area contributed by atoms with Crippen LogP contribution in [-0.4, -0.2) is 113 Å². The molecule has 300 valence electrons. The fourth-order valence-electron chi connectivity index (χ4n) is 7.43. The molecule has 0 bridgehead atoms. The van der Waals surface area contributed by atoms with Gasteiger partial charge >= 0.3 is 6.03 Å². The molecule has 2 atom stereocenters. The lowest BCUT2D eigenvalue weighted by Gasteiger charge is -2.47. The molecule has 0 spiro atoms. The Morgan fingerprint density at radius 1 is 0.891 bits per heavy atom. The number of benzene rings is 3. The van der Waals surface area contributed by atoms with E-state index in [1.54, 1.807) is 46.2 Å². The minimum atomic E-state index is -3.99. The molecule has 2 amide bonds. The topological polar surface area (TPSA) is 120 Å². The molecule has 0 aromatic heterocycles. The van der Waals surface area contributed by atoms with Crippen molar-refractivity contribution in [2.45, 2.75) is 69.4 Å². The molecule has 0 saturated carbocycles. The number of ether oxygens (including phenoxy) is 1. The van der Waals surface area contributed by atoms with Crippen molar-refractivity contribution in [3.05, 3.63) is 93.0 Å². The Kier molecular flexibility index (Phi) is 12.5. The smallest absolute Gasteiger partial charge is 0.326 e. The molecule has 3 aromatic carbocycles. The minimum absolute atomic E-state index is 0.0922. The molecule has 0 unspecified atom stereocenters. The van der Waals surface area contributed by atoms with E-state index in [1.807, 2.05) is 65.8 Å². The summed E-state index contributed by atoms with van der Waals surface area (Å²) in [5, 5.41) is 1.07. The fourth-order valence-corrected chi connectivity index (χ4v) is 9.64. The van der Waals surface area contributed by atoms with Gasteiger partial charge in [-0.2, -0.15) is 0 Å². The van der Waals surface area contributed by atoms with E-state index >= 15 is 4.79 Å². The zero-order valence-corrected chi connectivity index (χ0v) is 36.3. The van der Waals surface area contributed by atoms with Crippen LogP contribution in [0.1, 0.15) is 70.2 Å². The highest BCUT2D eigenvalue weighted by molar-refractivity contribution is 7.90. The molecule has 11 nitrogen and oxygen atoms in total. The third kappa shape index (κ3) is 8.57. The van der Waals surface area contributed by atoms with E-state index in [1.165, 1.54) is 24.7 Å². The van der Waals surface area contributed by atoms with Gasteiger partial charge in [0, 0.05) is 56.6 Å². The quantitative estimate of drug-likeness (QED) is 0.204. The summed E-state index contributed by atoms with van der Waals surface area (Å²) in [4.78, 5) is 26.6. The Labute approximate surface area is 337 Å². The fraction of sp³-hybridized carbons (Fsp3) is 0.500. The molecule has 0 aliphatic carbocycles. The van der Waals surface area contributed by atoms with Gasteiger partial charge in [0.05, 0.1) is 22.8 Å². The Balaban J connectivity index is 1.77. The molecule has 15 heteroatoms. The van der Waals surface area contributed by atoms with E-state index in [-0.39, 0.29) is 29.1 Å². The summed E-state index contributed by atoms with van der Waals surface area (Å²) >= 11 is 12.8. The number of nitrogens with zero attached hydrogens (tertiary/aromatic N) is 5. The van der Waals surface area contributed by atoms with Crippen LogP contribution in [0.5, 0.6) is 5.75 Å². The molecule has 1 fully saturated rings. The van der Waals surface area contributed by atoms with Crippen molar-refractivity contribution in [1.29, 1.82) is 0 Å². The van der Waals surface area contributed by atoms with Crippen molar-refractivity contribution in [2.24, 2.45) is 4.99 Å². The van der Waals surface area contributed by atoms with Gasteiger partial charge in [-0.25, -0.2) is 25.9 Å². The molecule has 0 N–H and O–H groups in total. The van der Waals surface area contributed by atoms with Crippen molar-refractivity contribution in [3.63, 3.8) is 0 Å². The maximum absolute atomic E-state index is 15.4. The van der Waals surface area contributed by atoms with Crippen LogP contribution < -0.4 is 4.74 Å². The lowest BCUT2D eigenvalue weighted by molar-refractivity contribution is 0.0868. The number of halogens is 2. The Morgan fingerprint density at radius 3 is 1.93 bits per heavy atom. The standard InChI is InChI=1S/C40H53Cl2N5O6S2/c1-10-53-34-27-33(38(2,3)4)35(55(51,52)44(7)8)26-32(34)36-43-39(5,28-12-16-30(41)17-13-28)40(6,29-14-18-31(42)19-15-29)47(36)37(48)46-23-21-45(22-24-46)20-11-25-54(9,49)50/h12-19,26-27H,10-11,20-25H2,1-9H3/t39-,40+/m0/s1. The first-order chi connectivity index (χ1) is 25.5. The lowest BCUT2D eigenvalue weighted by Crippen LogP contribution is -2.60. The molecule has 3 aromatic rings. The second-order valence-corrected chi connectivity index (χ2v) is 21.1. The van der Waals surface area contributed by atoms with Gasteiger partial charge < -0.3 is 9.64 Å². The average molecular weight is 835 g/mol. The predicted octanol–water partition coefficient (Wildman–Crippen LogP) is 7.01. The summed E-state index contributed by atoms with van der Waals surface area (Å²) in [6.07, 6.45) is 1.74. The molecule has 2 heterocycles. The van der Waals surface area contributed by atoms with Crippen LogP contribution in [0.15, 0.2) is 70.6 Å². The predicted molar refractivity (Wildman–Crippen MR) is 221 cm³/mol. The monoisotopic (exact) mass is 833 g/mol. The van der Waals surface area contributed by atoms with E-state index in [0.717, 1.165) is 11.1 Å². The third-order valence-corrected chi connectivity index (χ3v) is 14.2. The second-order valence-electron chi connectivity index (χ2n) is 15.8. The van der Waals surface area contributed by atoms with Crippen LogP contribution >= 0.6 is 23.2 Å².